The standard InChI is InChI=1S/C21H29N3OS/c1-17-20(26-16-23-17)11-12-21(25)22-15-19(18-9-5-4-6-10-18)24-13-7-2-3-8-14-24/h4-6,9-10,16,19H,2-3,7-8,11-15H2,1H3,(H,22,25). The molecular formula is C21H29N3OS. The van der Waals surface area contributed by atoms with E-state index in [0.717, 1.165) is 25.2 Å². The molecule has 140 valence electrons. The number of carbonyl (C=O) groups is 1. The molecule has 0 spiro atoms. The summed E-state index contributed by atoms with van der Waals surface area (Å²) < 4.78 is 0. The maximum atomic E-state index is 12.4. The number of nitrogens with one attached hydrogen (secondary N) is 1. The van der Waals surface area contributed by atoms with Crippen molar-refractivity contribution in [1.29, 1.82) is 0 Å². The van der Waals surface area contributed by atoms with Crippen LogP contribution in [-0.4, -0.2) is 35.4 Å². The Bertz CT molecular complexity index is 678. The minimum atomic E-state index is 0.133. The number of benzene rings is 1. The van der Waals surface area contributed by atoms with Crippen molar-refractivity contribution in [2.45, 2.75) is 51.5 Å². The first-order valence-corrected chi connectivity index (χ1v) is 10.6. The van der Waals surface area contributed by atoms with Crippen LogP contribution < -0.4 is 5.32 Å². The summed E-state index contributed by atoms with van der Waals surface area (Å²) in [4.78, 5) is 20.4. The molecule has 1 aromatic heterocycles. The van der Waals surface area contributed by atoms with E-state index in [0.29, 0.717) is 13.0 Å². The first-order valence-electron chi connectivity index (χ1n) is 9.68. The van der Waals surface area contributed by atoms with Crippen LogP contribution in [-0.2, 0) is 11.2 Å². The highest BCUT2D eigenvalue weighted by Gasteiger charge is 2.22. The molecule has 1 unspecified atom stereocenters. The van der Waals surface area contributed by atoms with E-state index in [1.54, 1.807) is 11.3 Å². The molecule has 3 rings (SSSR count). The summed E-state index contributed by atoms with van der Waals surface area (Å²) >= 11 is 1.64. The number of hydrogen-bond acceptors (Lipinski definition) is 4. The molecule has 1 N–H and O–H groups in total. The van der Waals surface area contributed by atoms with Gasteiger partial charge in [0.05, 0.1) is 17.2 Å². The molecule has 0 bridgehead atoms. The van der Waals surface area contributed by atoms with E-state index < -0.39 is 0 Å². The SMILES string of the molecule is Cc1ncsc1CCC(=O)NCC(c1ccccc1)N1CCCCCC1. The Hall–Kier alpha value is -1.72. The molecule has 1 aliphatic rings. The number of aromatic nitrogens is 1. The molecule has 1 fully saturated rings. The Morgan fingerprint density at radius 1 is 1.19 bits per heavy atom. The quantitative estimate of drug-likeness (QED) is 0.796. The lowest BCUT2D eigenvalue weighted by Crippen LogP contribution is -2.38. The Morgan fingerprint density at radius 2 is 1.92 bits per heavy atom. The van der Waals surface area contributed by atoms with Gasteiger partial charge in [0.2, 0.25) is 5.91 Å². The van der Waals surface area contributed by atoms with Gasteiger partial charge >= 0.3 is 0 Å². The summed E-state index contributed by atoms with van der Waals surface area (Å²) in [6, 6.07) is 10.9. The fraction of sp³-hybridized carbons (Fsp3) is 0.524. The second-order valence-electron chi connectivity index (χ2n) is 7.04. The highest BCUT2D eigenvalue weighted by Crippen LogP contribution is 2.24. The van der Waals surface area contributed by atoms with E-state index in [-0.39, 0.29) is 11.9 Å². The number of thiazole rings is 1. The first kappa shape index (κ1) is 19.1. The molecule has 1 amide bonds. The van der Waals surface area contributed by atoms with Crippen molar-refractivity contribution in [3.05, 3.63) is 52.0 Å². The molecule has 1 aliphatic heterocycles. The van der Waals surface area contributed by atoms with Gasteiger partial charge in [-0.25, -0.2) is 4.98 Å². The third-order valence-electron chi connectivity index (χ3n) is 5.18. The molecule has 26 heavy (non-hydrogen) atoms. The minimum absolute atomic E-state index is 0.133. The minimum Gasteiger partial charge on any atom is -0.354 e. The van der Waals surface area contributed by atoms with Crippen LogP contribution in [0.2, 0.25) is 0 Å². The second kappa shape index (κ2) is 9.83. The monoisotopic (exact) mass is 371 g/mol. The van der Waals surface area contributed by atoms with Crippen molar-refractivity contribution in [2.75, 3.05) is 19.6 Å². The summed E-state index contributed by atoms with van der Waals surface area (Å²) in [6.45, 7) is 4.93. The smallest absolute Gasteiger partial charge is 0.220 e. The molecule has 1 atom stereocenters. The van der Waals surface area contributed by atoms with Gasteiger partial charge in [0.25, 0.3) is 0 Å². The van der Waals surface area contributed by atoms with E-state index in [1.807, 2.05) is 12.4 Å². The van der Waals surface area contributed by atoms with Gasteiger partial charge in [-0.15, -0.1) is 11.3 Å². The van der Waals surface area contributed by atoms with Crippen LogP contribution in [0.25, 0.3) is 0 Å². The lowest BCUT2D eigenvalue weighted by molar-refractivity contribution is -0.121. The van der Waals surface area contributed by atoms with Gasteiger partial charge in [0.1, 0.15) is 0 Å². The average molecular weight is 372 g/mol. The molecule has 2 aromatic rings. The van der Waals surface area contributed by atoms with E-state index >= 15 is 0 Å². The Balaban J connectivity index is 1.58. The number of rotatable bonds is 7. The van der Waals surface area contributed by atoms with Crippen molar-refractivity contribution < 1.29 is 4.79 Å². The lowest BCUT2D eigenvalue weighted by atomic mass is 10.0. The van der Waals surface area contributed by atoms with Gasteiger partial charge in [-0.05, 0) is 44.8 Å². The van der Waals surface area contributed by atoms with Crippen molar-refractivity contribution in [1.82, 2.24) is 15.2 Å². The molecule has 4 nitrogen and oxygen atoms in total. The molecule has 1 saturated heterocycles. The molecule has 0 radical (unpaired) electrons. The van der Waals surface area contributed by atoms with E-state index in [2.05, 4.69) is 45.5 Å². The zero-order chi connectivity index (χ0) is 18.2. The first-order chi connectivity index (χ1) is 12.7. The van der Waals surface area contributed by atoms with Gasteiger partial charge in [-0.1, -0.05) is 43.2 Å². The predicted molar refractivity (Wildman–Crippen MR) is 107 cm³/mol. The van der Waals surface area contributed by atoms with Crippen molar-refractivity contribution in [3.63, 3.8) is 0 Å². The van der Waals surface area contributed by atoms with Crippen molar-refractivity contribution in [2.24, 2.45) is 0 Å². The van der Waals surface area contributed by atoms with Crippen LogP contribution in [0.15, 0.2) is 35.8 Å². The fourth-order valence-electron chi connectivity index (χ4n) is 3.63. The third kappa shape index (κ3) is 5.39. The maximum Gasteiger partial charge on any atom is 0.220 e. The zero-order valence-corrected chi connectivity index (χ0v) is 16.4. The van der Waals surface area contributed by atoms with Gasteiger partial charge in [0, 0.05) is 17.8 Å². The number of amides is 1. The number of nitrogens with zero attached hydrogens (tertiary/aromatic N) is 2. The van der Waals surface area contributed by atoms with Gasteiger partial charge < -0.3 is 5.32 Å². The molecule has 0 saturated carbocycles. The lowest BCUT2D eigenvalue weighted by Gasteiger charge is -2.31. The summed E-state index contributed by atoms with van der Waals surface area (Å²) in [7, 11) is 0. The Kier molecular flexibility index (Phi) is 7.21. The number of carbonyl (C=O) groups excluding carboxylic acids is 1. The highest BCUT2D eigenvalue weighted by atomic mass is 32.1. The van der Waals surface area contributed by atoms with Crippen LogP contribution in [0.1, 0.15) is 54.3 Å². The molecule has 2 heterocycles. The Morgan fingerprint density at radius 3 is 2.58 bits per heavy atom. The second-order valence-corrected chi connectivity index (χ2v) is 7.98. The molecular weight excluding hydrogens is 342 g/mol. The predicted octanol–water partition coefficient (Wildman–Crippen LogP) is 4.12. The fourth-order valence-corrected chi connectivity index (χ4v) is 4.41. The van der Waals surface area contributed by atoms with Gasteiger partial charge in [-0.2, -0.15) is 0 Å². The van der Waals surface area contributed by atoms with Crippen LogP contribution in [0.3, 0.4) is 0 Å². The average Bonchev–Trinajstić information content (AvgIpc) is 2.90. The van der Waals surface area contributed by atoms with Crippen molar-refractivity contribution in [3.8, 4) is 0 Å². The van der Waals surface area contributed by atoms with E-state index in [4.69, 9.17) is 0 Å². The largest absolute Gasteiger partial charge is 0.354 e. The summed E-state index contributed by atoms with van der Waals surface area (Å²) in [5, 5.41) is 3.18. The normalized spacial score (nSPS) is 16.8. The molecule has 5 heteroatoms. The third-order valence-corrected chi connectivity index (χ3v) is 6.18. The number of hydrogen-bond donors (Lipinski definition) is 1. The Labute approximate surface area is 160 Å². The molecule has 0 aliphatic carbocycles. The summed E-state index contributed by atoms with van der Waals surface area (Å²) in [5.74, 6) is 0.133. The zero-order valence-electron chi connectivity index (χ0n) is 15.6. The molecule has 1 aromatic carbocycles. The van der Waals surface area contributed by atoms with Gasteiger partial charge in [0.15, 0.2) is 0 Å². The highest BCUT2D eigenvalue weighted by molar-refractivity contribution is 7.09. The van der Waals surface area contributed by atoms with Crippen LogP contribution in [0, 0.1) is 6.92 Å². The summed E-state index contributed by atoms with van der Waals surface area (Å²) in [5.41, 5.74) is 4.20. The van der Waals surface area contributed by atoms with E-state index in [9.17, 15) is 4.79 Å². The number of aryl methyl sites for hydroxylation is 2. The van der Waals surface area contributed by atoms with E-state index in [1.165, 1.54) is 36.1 Å². The van der Waals surface area contributed by atoms with Crippen LogP contribution in [0.5, 0.6) is 0 Å². The number of likely N-dealkylation sites (tertiary alicyclic amines) is 1. The van der Waals surface area contributed by atoms with Gasteiger partial charge in [-0.3, -0.25) is 9.69 Å². The van der Waals surface area contributed by atoms with Crippen molar-refractivity contribution >= 4 is 17.2 Å². The van der Waals surface area contributed by atoms with Crippen LogP contribution in [0.4, 0.5) is 0 Å². The maximum absolute atomic E-state index is 12.4. The van der Waals surface area contributed by atoms with Crippen LogP contribution >= 0.6 is 11.3 Å². The topological polar surface area (TPSA) is 45.2 Å². The summed E-state index contributed by atoms with van der Waals surface area (Å²) in [6.07, 6.45) is 6.45.